The van der Waals surface area contributed by atoms with Crippen molar-refractivity contribution in [2.75, 3.05) is 11.1 Å². The molecule has 0 saturated heterocycles. The Balaban J connectivity index is 2.09. The van der Waals surface area contributed by atoms with Crippen LogP contribution in [0.3, 0.4) is 0 Å². The van der Waals surface area contributed by atoms with E-state index in [9.17, 15) is 8.78 Å². The summed E-state index contributed by atoms with van der Waals surface area (Å²) in [6, 6.07) is 2.47. The van der Waals surface area contributed by atoms with Gasteiger partial charge in [0.15, 0.2) is 11.6 Å². The summed E-state index contributed by atoms with van der Waals surface area (Å²) in [6.45, 7) is 2.23. The Morgan fingerprint density at radius 3 is 2.44 bits per heavy atom. The average Bonchev–Trinajstić information content (AvgIpc) is 2.48. The summed E-state index contributed by atoms with van der Waals surface area (Å²) in [5, 5.41) is 3.00. The molecule has 2 nitrogen and oxygen atoms in total. The van der Waals surface area contributed by atoms with Crippen molar-refractivity contribution in [3.63, 3.8) is 0 Å². The summed E-state index contributed by atoms with van der Waals surface area (Å²) < 4.78 is 27.3. The van der Waals surface area contributed by atoms with Crippen molar-refractivity contribution in [2.24, 2.45) is 5.92 Å². The molecule has 1 aromatic carbocycles. The van der Waals surface area contributed by atoms with Crippen molar-refractivity contribution in [2.45, 2.75) is 45.1 Å². The summed E-state index contributed by atoms with van der Waals surface area (Å²) in [6.07, 6.45) is 5.34. The Kier molecular flexibility index (Phi) is 4.04. The fourth-order valence-corrected chi connectivity index (χ4v) is 2.57. The van der Waals surface area contributed by atoms with Gasteiger partial charge in [0.25, 0.3) is 0 Å². The normalized spacial score (nSPS) is 24.6. The van der Waals surface area contributed by atoms with Gasteiger partial charge in [0, 0.05) is 11.7 Å². The number of nitrogens with one attached hydrogen (secondary N) is 1. The van der Waals surface area contributed by atoms with Crippen molar-refractivity contribution in [3.8, 4) is 0 Å². The Morgan fingerprint density at radius 1 is 1.11 bits per heavy atom. The molecular weight excluding hydrogens is 234 g/mol. The standard InChI is InChI=1S/C14H20F2N2/c1-9-3-2-4-11(6-5-9)18-14-12(15)7-10(17)8-13(14)16/h7-9,11,18H,2-6,17H2,1H3. The van der Waals surface area contributed by atoms with Crippen LogP contribution in [-0.2, 0) is 0 Å². The molecule has 0 heterocycles. The Bertz CT molecular complexity index is 397. The topological polar surface area (TPSA) is 38.0 Å². The Hall–Kier alpha value is -1.32. The molecule has 2 unspecified atom stereocenters. The fraction of sp³-hybridized carbons (Fsp3) is 0.571. The largest absolute Gasteiger partial charge is 0.399 e. The first-order chi connectivity index (χ1) is 8.56. The van der Waals surface area contributed by atoms with E-state index in [1.807, 2.05) is 0 Å². The summed E-state index contributed by atoms with van der Waals surface area (Å²) >= 11 is 0. The maximum absolute atomic E-state index is 13.7. The molecule has 1 saturated carbocycles. The average molecular weight is 254 g/mol. The third-order valence-corrected chi connectivity index (χ3v) is 3.67. The number of hydrogen-bond acceptors (Lipinski definition) is 2. The van der Waals surface area contributed by atoms with Crippen LogP contribution in [0.25, 0.3) is 0 Å². The van der Waals surface area contributed by atoms with Gasteiger partial charge in [-0.1, -0.05) is 19.8 Å². The van der Waals surface area contributed by atoms with Crippen LogP contribution in [0.4, 0.5) is 20.2 Å². The molecule has 1 aliphatic carbocycles. The molecule has 1 aromatic rings. The fourth-order valence-electron chi connectivity index (χ4n) is 2.57. The maximum atomic E-state index is 13.7. The minimum Gasteiger partial charge on any atom is -0.399 e. The van der Waals surface area contributed by atoms with E-state index in [0.717, 1.165) is 37.8 Å². The monoisotopic (exact) mass is 254 g/mol. The highest BCUT2D eigenvalue weighted by molar-refractivity contribution is 5.54. The van der Waals surface area contributed by atoms with Gasteiger partial charge in [-0.3, -0.25) is 0 Å². The van der Waals surface area contributed by atoms with E-state index in [1.165, 1.54) is 6.42 Å². The lowest BCUT2D eigenvalue weighted by Crippen LogP contribution is -2.20. The predicted molar refractivity (Wildman–Crippen MR) is 70.4 cm³/mol. The Labute approximate surface area is 107 Å². The molecule has 0 amide bonds. The molecule has 100 valence electrons. The van der Waals surface area contributed by atoms with Crippen molar-refractivity contribution >= 4 is 11.4 Å². The smallest absolute Gasteiger partial charge is 0.151 e. The maximum Gasteiger partial charge on any atom is 0.151 e. The highest BCUT2D eigenvalue weighted by Gasteiger charge is 2.19. The quantitative estimate of drug-likeness (QED) is 0.620. The summed E-state index contributed by atoms with van der Waals surface area (Å²) in [7, 11) is 0. The molecule has 2 atom stereocenters. The zero-order chi connectivity index (χ0) is 13.1. The van der Waals surface area contributed by atoms with E-state index in [-0.39, 0.29) is 17.4 Å². The van der Waals surface area contributed by atoms with Gasteiger partial charge in [0.2, 0.25) is 0 Å². The molecule has 3 N–H and O–H groups in total. The van der Waals surface area contributed by atoms with Crippen LogP contribution in [0.1, 0.15) is 39.0 Å². The lowest BCUT2D eigenvalue weighted by atomic mass is 10.0. The lowest BCUT2D eigenvalue weighted by Gasteiger charge is -2.19. The number of halogens is 2. The number of benzene rings is 1. The number of rotatable bonds is 2. The molecule has 1 aliphatic rings. The molecule has 0 spiro atoms. The lowest BCUT2D eigenvalue weighted by molar-refractivity contribution is 0.501. The molecular formula is C14H20F2N2. The van der Waals surface area contributed by atoms with Crippen LogP contribution in [0.5, 0.6) is 0 Å². The van der Waals surface area contributed by atoms with E-state index < -0.39 is 11.6 Å². The van der Waals surface area contributed by atoms with E-state index in [1.54, 1.807) is 0 Å². The molecule has 4 heteroatoms. The summed E-state index contributed by atoms with van der Waals surface area (Å²) in [4.78, 5) is 0. The van der Waals surface area contributed by atoms with Crippen molar-refractivity contribution < 1.29 is 8.78 Å². The summed E-state index contributed by atoms with van der Waals surface area (Å²) in [5.74, 6) is -0.507. The molecule has 1 fully saturated rings. The van der Waals surface area contributed by atoms with E-state index in [4.69, 9.17) is 5.73 Å². The third kappa shape index (κ3) is 3.12. The van der Waals surface area contributed by atoms with Crippen molar-refractivity contribution in [3.05, 3.63) is 23.8 Å². The van der Waals surface area contributed by atoms with Gasteiger partial charge >= 0.3 is 0 Å². The predicted octanol–water partition coefficient (Wildman–Crippen LogP) is 3.93. The van der Waals surface area contributed by atoms with Crippen LogP contribution >= 0.6 is 0 Å². The third-order valence-electron chi connectivity index (χ3n) is 3.67. The zero-order valence-corrected chi connectivity index (χ0v) is 10.7. The first-order valence-electron chi connectivity index (χ1n) is 6.57. The number of nitrogen functional groups attached to an aromatic ring is 1. The highest BCUT2D eigenvalue weighted by Crippen LogP contribution is 2.28. The van der Waals surface area contributed by atoms with Gasteiger partial charge in [-0.15, -0.1) is 0 Å². The summed E-state index contributed by atoms with van der Waals surface area (Å²) in [5.41, 5.74) is 5.47. The number of hydrogen-bond donors (Lipinski definition) is 2. The van der Waals surface area contributed by atoms with Gasteiger partial charge in [-0.25, -0.2) is 8.78 Å². The van der Waals surface area contributed by atoms with Crippen LogP contribution in [0.2, 0.25) is 0 Å². The van der Waals surface area contributed by atoms with E-state index in [0.29, 0.717) is 5.92 Å². The van der Waals surface area contributed by atoms with Crippen LogP contribution in [0, 0.1) is 17.6 Å². The van der Waals surface area contributed by atoms with Crippen molar-refractivity contribution in [1.29, 1.82) is 0 Å². The van der Waals surface area contributed by atoms with Gasteiger partial charge < -0.3 is 11.1 Å². The minimum atomic E-state index is -0.607. The highest BCUT2D eigenvalue weighted by atomic mass is 19.1. The number of nitrogens with two attached hydrogens (primary N) is 1. The second-order valence-corrected chi connectivity index (χ2v) is 5.31. The minimum absolute atomic E-state index is 0.0382. The molecule has 18 heavy (non-hydrogen) atoms. The van der Waals surface area contributed by atoms with Crippen molar-refractivity contribution in [1.82, 2.24) is 0 Å². The van der Waals surface area contributed by atoms with Gasteiger partial charge in [-0.05, 0) is 37.3 Å². The second kappa shape index (κ2) is 5.55. The molecule has 2 rings (SSSR count). The SMILES string of the molecule is CC1CCCC(Nc2c(F)cc(N)cc2F)CC1. The van der Waals surface area contributed by atoms with E-state index in [2.05, 4.69) is 12.2 Å². The van der Waals surface area contributed by atoms with Crippen LogP contribution < -0.4 is 11.1 Å². The first kappa shape index (κ1) is 13.1. The van der Waals surface area contributed by atoms with Gasteiger partial charge in [-0.2, -0.15) is 0 Å². The van der Waals surface area contributed by atoms with Gasteiger partial charge in [0.05, 0.1) is 0 Å². The zero-order valence-electron chi connectivity index (χ0n) is 10.7. The van der Waals surface area contributed by atoms with E-state index >= 15 is 0 Å². The molecule has 0 aliphatic heterocycles. The van der Waals surface area contributed by atoms with Crippen LogP contribution in [-0.4, -0.2) is 6.04 Å². The second-order valence-electron chi connectivity index (χ2n) is 5.31. The van der Waals surface area contributed by atoms with Crippen LogP contribution in [0.15, 0.2) is 12.1 Å². The van der Waals surface area contributed by atoms with Gasteiger partial charge in [0.1, 0.15) is 5.69 Å². The molecule has 0 radical (unpaired) electrons. The molecule has 0 aromatic heterocycles. The first-order valence-corrected chi connectivity index (χ1v) is 6.57. The molecule has 0 bridgehead atoms. The Morgan fingerprint density at radius 2 is 1.78 bits per heavy atom. The number of anilines is 2.